The van der Waals surface area contributed by atoms with Crippen molar-refractivity contribution in [2.45, 2.75) is 51.6 Å². The Kier molecular flexibility index (Phi) is 5.91. The molecule has 0 unspecified atom stereocenters. The van der Waals surface area contributed by atoms with Crippen molar-refractivity contribution in [2.24, 2.45) is 5.92 Å². The summed E-state index contributed by atoms with van der Waals surface area (Å²) < 4.78 is 0. The van der Waals surface area contributed by atoms with Gasteiger partial charge in [-0.25, -0.2) is 0 Å². The lowest BCUT2D eigenvalue weighted by molar-refractivity contribution is -0.118. The zero-order valence-electron chi connectivity index (χ0n) is 12.5. The van der Waals surface area contributed by atoms with E-state index in [1.807, 2.05) is 6.92 Å². The molecule has 1 aromatic carbocycles. The van der Waals surface area contributed by atoms with Crippen molar-refractivity contribution in [2.75, 3.05) is 5.32 Å². The summed E-state index contributed by atoms with van der Waals surface area (Å²) in [5, 5.41) is 7.30. The van der Waals surface area contributed by atoms with E-state index >= 15 is 0 Å². The Balaban J connectivity index is 1.92. The van der Waals surface area contributed by atoms with Crippen LogP contribution in [0.3, 0.4) is 0 Å². The number of carbonyl (C=O) groups excluding carboxylic acids is 1. The fourth-order valence-corrected chi connectivity index (χ4v) is 3.25. The molecule has 3 nitrogen and oxygen atoms in total. The summed E-state index contributed by atoms with van der Waals surface area (Å²) in [6, 6.07) is 5.23. The predicted octanol–water partition coefficient (Wildman–Crippen LogP) is 4.49. The lowest BCUT2D eigenvalue weighted by Gasteiger charge is -2.31. The van der Waals surface area contributed by atoms with Crippen LogP contribution in [0.2, 0.25) is 10.0 Å². The van der Waals surface area contributed by atoms with Gasteiger partial charge in [-0.3, -0.25) is 4.79 Å². The summed E-state index contributed by atoms with van der Waals surface area (Å²) >= 11 is 11.9. The minimum Gasteiger partial charge on any atom is -0.323 e. The summed E-state index contributed by atoms with van der Waals surface area (Å²) in [6.07, 6.45) is 4.90. The average Bonchev–Trinajstić information content (AvgIpc) is 2.44. The highest BCUT2D eigenvalue weighted by atomic mass is 35.5. The van der Waals surface area contributed by atoms with Crippen molar-refractivity contribution in [3.63, 3.8) is 0 Å². The Morgan fingerprint density at radius 2 is 2.00 bits per heavy atom. The van der Waals surface area contributed by atoms with Gasteiger partial charge in [0, 0.05) is 11.1 Å². The van der Waals surface area contributed by atoms with Crippen molar-refractivity contribution >= 4 is 34.8 Å². The second-order valence-electron chi connectivity index (χ2n) is 5.87. The van der Waals surface area contributed by atoms with E-state index in [4.69, 9.17) is 23.2 Å². The Hall–Kier alpha value is -0.770. The first-order valence-corrected chi connectivity index (χ1v) is 8.25. The van der Waals surface area contributed by atoms with Gasteiger partial charge in [-0.15, -0.1) is 0 Å². The smallest absolute Gasteiger partial charge is 0.241 e. The maximum Gasteiger partial charge on any atom is 0.241 e. The third-order valence-electron chi connectivity index (χ3n) is 4.16. The first-order chi connectivity index (χ1) is 9.97. The Morgan fingerprint density at radius 3 is 2.67 bits per heavy atom. The zero-order chi connectivity index (χ0) is 15.4. The molecular formula is C16H22Cl2N2O. The molecule has 21 heavy (non-hydrogen) atoms. The maximum atomic E-state index is 12.3. The number of amides is 1. The van der Waals surface area contributed by atoms with E-state index in [0.717, 1.165) is 6.42 Å². The minimum atomic E-state index is -0.248. The summed E-state index contributed by atoms with van der Waals surface area (Å²) in [6.45, 7) is 4.14. The Morgan fingerprint density at radius 1 is 1.29 bits per heavy atom. The van der Waals surface area contributed by atoms with Crippen LogP contribution in [0.4, 0.5) is 5.69 Å². The van der Waals surface area contributed by atoms with E-state index < -0.39 is 0 Å². The van der Waals surface area contributed by atoms with Crippen LogP contribution in [-0.2, 0) is 4.79 Å². The third kappa shape index (κ3) is 4.60. The quantitative estimate of drug-likeness (QED) is 0.854. The monoisotopic (exact) mass is 328 g/mol. The molecule has 0 aromatic heterocycles. The van der Waals surface area contributed by atoms with Crippen molar-refractivity contribution in [3.8, 4) is 0 Å². The van der Waals surface area contributed by atoms with Crippen molar-refractivity contribution < 1.29 is 4.79 Å². The topological polar surface area (TPSA) is 41.1 Å². The van der Waals surface area contributed by atoms with Gasteiger partial charge in [-0.05, 0) is 43.9 Å². The molecule has 1 saturated carbocycles. The number of hydrogen-bond donors (Lipinski definition) is 2. The molecule has 1 fully saturated rings. The fourth-order valence-electron chi connectivity index (χ4n) is 2.79. The van der Waals surface area contributed by atoms with Gasteiger partial charge in [0.15, 0.2) is 0 Å². The first kappa shape index (κ1) is 16.6. The number of anilines is 1. The van der Waals surface area contributed by atoms with Crippen LogP contribution >= 0.6 is 23.2 Å². The van der Waals surface area contributed by atoms with Crippen LogP contribution in [-0.4, -0.2) is 18.0 Å². The number of nitrogens with one attached hydrogen (secondary N) is 2. The molecule has 0 aliphatic heterocycles. The highest BCUT2D eigenvalue weighted by Gasteiger charge is 2.25. The zero-order valence-corrected chi connectivity index (χ0v) is 14.0. The number of hydrogen-bond acceptors (Lipinski definition) is 2. The van der Waals surface area contributed by atoms with Gasteiger partial charge >= 0.3 is 0 Å². The highest BCUT2D eigenvalue weighted by molar-refractivity contribution is 6.36. The lowest BCUT2D eigenvalue weighted by atomic mass is 9.85. The molecule has 1 aliphatic rings. The number of halogens is 2. The molecule has 116 valence electrons. The predicted molar refractivity (Wildman–Crippen MR) is 89.1 cm³/mol. The van der Waals surface area contributed by atoms with Gasteiger partial charge in [0.2, 0.25) is 5.91 Å². The second kappa shape index (κ2) is 7.48. The van der Waals surface area contributed by atoms with E-state index in [1.165, 1.54) is 19.3 Å². The van der Waals surface area contributed by atoms with Gasteiger partial charge in [0.1, 0.15) is 0 Å². The molecule has 0 spiro atoms. The SMILES string of the molecule is C[C@H](N[C@@H]1CCCC[C@@H]1C)C(=O)Nc1ccc(Cl)cc1Cl. The average molecular weight is 329 g/mol. The highest BCUT2D eigenvalue weighted by Crippen LogP contribution is 2.26. The normalized spacial score (nSPS) is 23.6. The molecule has 1 aromatic rings. The summed E-state index contributed by atoms with van der Waals surface area (Å²) in [7, 11) is 0. The van der Waals surface area contributed by atoms with Crippen molar-refractivity contribution in [1.82, 2.24) is 5.32 Å². The molecule has 5 heteroatoms. The third-order valence-corrected chi connectivity index (χ3v) is 4.71. The van der Waals surface area contributed by atoms with Crippen LogP contribution < -0.4 is 10.6 Å². The van der Waals surface area contributed by atoms with Gasteiger partial charge < -0.3 is 10.6 Å². The van der Waals surface area contributed by atoms with E-state index in [1.54, 1.807) is 18.2 Å². The molecule has 3 atom stereocenters. The van der Waals surface area contributed by atoms with Crippen LogP contribution in [0.1, 0.15) is 39.5 Å². The standard InChI is InChI=1S/C16H22Cl2N2O/c1-10-5-3-4-6-14(10)19-11(2)16(21)20-15-8-7-12(17)9-13(15)18/h7-11,14,19H,3-6H2,1-2H3,(H,20,21)/t10-,11-,14+/m0/s1. The number of rotatable bonds is 4. The molecule has 0 bridgehead atoms. The van der Waals surface area contributed by atoms with Crippen molar-refractivity contribution in [1.29, 1.82) is 0 Å². The van der Waals surface area contributed by atoms with E-state index in [-0.39, 0.29) is 11.9 Å². The van der Waals surface area contributed by atoms with Gasteiger partial charge in [-0.2, -0.15) is 0 Å². The molecule has 1 aliphatic carbocycles. The molecule has 0 heterocycles. The maximum absolute atomic E-state index is 12.3. The molecule has 0 radical (unpaired) electrons. The lowest BCUT2D eigenvalue weighted by Crippen LogP contribution is -2.47. The summed E-state index contributed by atoms with van der Waals surface area (Å²) in [5.41, 5.74) is 0.594. The molecule has 1 amide bonds. The van der Waals surface area contributed by atoms with E-state index in [2.05, 4.69) is 17.6 Å². The second-order valence-corrected chi connectivity index (χ2v) is 6.71. The molecular weight excluding hydrogens is 307 g/mol. The van der Waals surface area contributed by atoms with E-state index in [9.17, 15) is 4.79 Å². The van der Waals surface area contributed by atoms with Gasteiger partial charge in [0.05, 0.1) is 16.8 Å². The summed E-state index contributed by atoms with van der Waals surface area (Å²) in [4.78, 5) is 12.3. The number of carbonyl (C=O) groups is 1. The summed E-state index contributed by atoms with van der Waals surface area (Å²) in [5.74, 6) is 0.546. The Labute approximate surface area is 136 Å². The van der Waals surface area contributed by atoms with Crippen LogP contribution in [0.15, 0.2) is 18.2 Å². The van der Waals surface area contributed by atoms with Crippen LogP contribution in [0.5, 0.6) is 0 Å². The minimum absolute atomic E-state index is 0.0722. The van der Waals surface area contributed by atoms with Crippen LogP contribution in [0.25, 0.3) is 0 Å². The largest absolute Gasteiger partial charge is 0.323 e. The van der Waals surface area contributed by atoms with Crippen molar-refractivity contribution in [3.05, 3.63) is 28.2 Å². The number of benzene rings is 1. The van der Waals surface area contributed by atoms with E-state index in [0.29, 0.717) is 27.7 Å². The van der Waals surface area contributed by atoms with Crippen LogP contribution in [0, 0.1) is 5.92 Å². The van der Waals surface area contributed by atoms with Gasteiger partial charge in [-0.1, -0.05) is 43.0 Å². The first-order valence-electron chi connectivity index (χ1n) is 7.49. The van der Waals surface area contributed by atoms with Gasteiger partial charge in [0.25, 0.3) is 0 Å². The molecule has 0 saturated heterocycles. The Bertz CT molecular complexity index is 507. The molecule has 2 rings (SSSR count). The fraction of sp³-hybridized carbons (Fsp3) is 0.562. The molecule has 2 N–H and O–H groups in total.